The zero-order chi connectivity index (χ0) is 28.7. The van der Waals surface area contributed by atoms with Gasteiger partial charge >= 0.3 is 5.97 Å². The van der Waals surface area contributed by atoms with E-state index in [1.54, 1.807) is 6.07 Å². The number of Topliss-reactive ketones (excluding diaryl/α,β-unsaturated/α-hetero) is 1. The number of carbonyl (C=O) groups excluding carboxylic acids is 5. The molecule has 1 aromatic carbocycles. The fourth-order valence-corrected chi connectivity index (χ4v) is 5.12. The second-order valence-electron chi connectivity index (χ2n) is 11.0. The number of ether oxygens (including phenoxy) is 2. The van der Waals surface area contributed by atoms with Crippen LogP contribution >= 0.6 is 23.2 Å². The molecule has 3 amide bonds. The average Bonchev–Trinajstić information content (AvgIpc) is 3.53. The van der Waals surface area contributed by atoms with Gasteiger partial charge in [0.1, 0.15) is 12.1 Å². The first-order valence-electron chi connectivity index (χ1n) is 13.0. The smallest absolute Gasteiger partial charge is 0.341 e. The third-order valence-electron chi connectivity index (χ3n) is 6.57. The molecule has 3 N–H and O–H groups in total. The molecule has 12 heteroatoms. The van der Waals surface area contributed by atoms with Gasteiger partial charge < -0.3 is 25.4 Å². The van der Waals surface area contributed by atoms with Crippen LogP contribution in [0.15, 0.2) is 18.2 Å². The van der Waals surface area contributed by atoms with E-state index in [-0.39, 0.29) is 39.3 Å². The van der Waals surface area contributed by atoms with Gasteiger partial charge in [0.05, 0.1) is 21.7 Å². The van der Waals surface area contributed by atoms with Gasteiger partial charge in [0.2, 0.25) is 17.7 Å². The maximum atomic E-state index is 13.4. The molecular weight excluding hydrogens is 549 g/mol. The Morgan fingerprint density at radius 1 is 1.10 bits per heavy atom. The van der Waals surface area contributed by atoms with Crippen molar-refractivity contribution < 1.29 is 33.4 Å². The van der Waals surface area contributed by atoms with Crippen LogP contribution in [0, 0.1) is 11.3 Å². The number of amides is 3. The van der Waals surface area contributed by atoms with E-state index in [4.69, 9.17) is 32.7 Å². The molecule has 0 aliphatic carbocycles. The van der Waals surface area contributed by atoms with E-state index in [9.17, 15) is 24.0 Å². The van der Waals surface area contributed by atoms with Gasteiger partial charge in [0, 0.05) is 19.1 Å². The van der Waals surface area contributed by atoms with Crippen LogP contribution in [-0.2, 0) is 28.7 Å². The maximum absolute atomic E-state index is 13.4. The number of hydrogen-bond acceptors (Lipinski definition) is 7. The summed E-state index contributed by atoms with van der Waals surface area (Å²) in [6, 6.07) is 2.42. The van der Waals surface area contributed by atoms with Crippen molar-refractivity contribution in [1.29, 1.82) is 0 Å². The van der Waals surface area contributed by atoms with Crippen LogP contribution in [0.1, 0.15) is 63.2 Å². The first kappa shape index (κ1) is 30.8. The van der Waals surface area contributed by atoms with Crippen molar-refractivity contribution >= 4 is 52.7 Å². The number of ketones is 1. The maximum Gasteiger partial charge on any atom is 0.341 e. The van der Waals surface area contributed by atoms with E-state index in [1.807, 2.05) is 20.8 Å². The van der Waals surface area contributed by atoms with Gasteiger partial charge in [-0.3, -0.25) is 19.2 Å². The summed E-state index contributed by atoms with van der Waals surface area (Å²) in [6.45, 7) is 6.05. The van der Waals surface area contributed by atoms with Crippen molar-refractivity contribution in [3.05, 3.63) is 33.8 Å². The Morgan fingerprint density at radius 2 is 1.79 bits per heavy atom. The summed E-state index contributed by atoms with van der Waals surface area (Å²) in [6.07, 6.45) is 1.50. The summed E-state index contributed by atoms with van der Waals surface area (Å²) in [5, 5.41) is 8.32. The summed E-state index contributed by atoms with van der Waals surface area (Å²) < 4.78 is 10.6. The van der Waals surface area contributed by atoms with Crippen molar-refractivity contribution in [3.8, 4) is 0 Å². The molecule has 2 saturated heterocycles. The minimum Gasteiger partial charge on any atom is -0.454 e. The molecule has 3 rings (SSSR count). The minimum atomic E-state index is -1.14. The number of hydrogen-bond donors (Lipinski definition) is 3. The molecule has 0 bridgehead atoms. The third kappa shape index (κ3) is 8.91. The van der Waals surface area contributed by atoms with Crippen molar-refractivity contribution in [2.45, 2.75) is 71.1 Å². The monoisotopic (exact) mass is 583 g/mol. The van der Waals surface area contributed by atoms with Gasteiger partial charge in [0.25, 0.3) is 0 Å². The van der Waals surface area contributed by atoms with Crippen LogP contribution in [-0.4, -0.2) is 67.4 Å². The first-order valence-corrected chi connectivity index (χ1v) is 13.7. The summed E-state index contributed by atoms with van der Waals surface area (Å²) in [7, 11) is 0. The summed E-state index contributed by atoms with van der Waals surface area (Å²) in [4.78, 5) is 64.2. The van der Waals surface area contributed by atoms with Crippen LogP contribution in [0.25, 0.3) is 0 Å². The molecular formula is C27H35Cl2N3O7. The second kappa shape index (κ2) is 13.6. The van der Waals surface area contributed by atoms with Crippen molar-refractivity contribution in [2.75, 3.05) is 19.8 Å². The fraction of sp³-hybridized carbons (Fsp3) is 0.593. The van der Waals surface area contributed by atoms with Crippen LogP contribution in [0.3, 0.4) is 0 Å². The van der Waals surface area contributed by atoms with E-state index in [0.29, 0.717) is 32.4 Å². The fourth-order valence-electron chi connectivity index (χ4n) is 4.57. The van der Waals surface area contributed by atoms with Gasteiger partial charge in [-0.1, -0.05) is 50.0 Å². The van der Waals surface area contributed by atoms with Gasteiger partial charge in [-0.2, -0.15) is 0 Å². The number of esters is 1. The highest BCUT2D eigenvalue weighted by Gasteiger charge is 2.36. The van der Waals surface area contributed by atoms with E-state index >= 15 is 0 Å². The largest absolute Gasteiger partial charge is 0.454 e. The molecule has 0 radical (unpaired) electrons. The zero-order valence-corrected chi connectivity index (χ0v) is 23.8. The Labute approximate surface area is 237 Å². The van der Waals surface area contributed by atoms with Crippen LogP contribution in [0.4, 0.5) is 0 Å². The number of rotatable bonds is 11. The highest BCUT2D eigenvalue weighted by Crippen LogP contribution is 2.26. The molecule has 10 nitrogen and oxygen atoms in total. The van der Waals surface area contributed by atoms with E-state index in [1.165, 1.54) is 12.1 Å². The molecule has 2 unspecified atom stereocenters. The van der Waals surface area contributed by atoms with Gasteiger partial charge in [-0.05, 0) is 49.7 Å². The second-order valence-corrected chi connectivity index (χ2v) is 11.9. The Morgan fingerprint density at radius 3 is 2.36 bits per heavy atom. The summed E-state index contributed by atoms with van der Waals surface area (Å²) in [5.41, 5.74) is -0.410. The summed E-state index contributed by atoms with van der Waals surface area (Å²) in [5.74, 6) is -3.19. The van der Waals surface area contributed by atoms with Crippen molar-refractivity contribution in [3.63, 3.8) is 0 Å². The molecule has 2 aliphatic heterocycles. The van der Waals surface area contributed by atoms with E-state index in [2.05, 4.69) is 16.0 Å². The first-order chi connectivity index (χ1) is 18.4. The van der Waals surface area contributed by atoms with Crippen LogP contribution in [0.5, 0.6) is 0 Å². The predicted molar refractivity (Wildman–Crippen MR) is 144 cm³/mol. The molecule has 1 aromatic rings. The normalized spacial score (nSPS) is 20.6. The van der Waals surface area contributed by atoms with Crippen molar-refractivity contribution in [1.82, 2.24) is 16.0 Å². The molecule has 39 heavy (non-hydrogen) atoms. The molecule has 214 valence electrons. The third-order valence-corrected chi connectivity index (χ3v) is 7.20. The number of carbonyl (C=O) groups is 5. The van der Waals surface area contributed by atoms with E-state index in [0.717, 1.165) is 6.42 Å². The average molecular weight is 584 g/mol. The lowest BCUT2D eigenvalue weighted by atomic mass is 9.87. The number of benzene rings is 1. The minimum absolute atomic E-state index is 0.0166. The predicted octanol–water partition coefficient (Wildman–Crippen LogP) is 2.83. The molecule has 0 aromatic heterocycles. The van der Waals surface area contributed by atoms with Crippen LogP contribution < -0.4 is 16.0 Å². The number of nitrogens with one attached hydrogen (secondary N) is 3. The van der Waals surface area contributed by atoms with Crippen molar-refractivity contribution in [2.24, 2.45) is 11.3 Å². The Balaban J connectivity index is 1.73. The lowest BCUT2D eigenvalue weighted by Gasteiger charge is -2.29. The van der Waals surface area contributed by atoms with E-state index < -0.39 is 48.4 Å². The molecule has 0 spiro atoms. The van der Waals surface area contributed by atoms with Gasteiger partial charge in [0.15, 0.2) is 12.4 Å². The Hall–Kier alpha value is -2.69. The van der Waals surface area contributed by atoms with Gasteiger partial charge in [-0.25, -0.2) is 4.79 Å². The standard InChI is InChI=1S/C27H35Cl2N3O7/c1-27(2,3)13-19(32-25(36)21-8-5-11-38-21)24(35)31-18(12-15-9-10-30-23(15)34)20(33)14-39-26(37)22-16(28)6-4-7-17(22)29/h4,6-7,15,18-19,21H,5,8-14H2,1-3H3,(H,30,34)(H,31,35)(H,32,36)/t15-,18?,19?,21+/m0/s1. The Kier molecular flexibility index (Phi) is 10.7. The molecule has 4 atom stereocenters. The lowest BCUT2D eigenvalue weighted by Crippen LogP contribution is -2.55. The van der Waals surface area contributed by atoms with Gasteiger partial charge in [-0.15, -0.1) is 0 Å². The topological polar surface area (TPSA) is 140 Å². The molecule has 2 aliphatic rings. The molecule has 0 saturated carbocycles. The quantitative estimate of drug-likeness (QED) is 0.340. The Bertz CT molecular complexity index is 1080. The molecule has 2 fully saturated rings. The SMILES string of the molecule is CC(C)(C)CC(NC(=O)[C@H]1CCCO1)C(=O)NC(C[C@@H]1CCNC1=O)C(=O)COC(=O)c1c(Cl)cccc1Cl. The highest BCUT2D eigenvalue weighted by atomic mass is 35.5. The number of halogens is 2. The lowest BCUT2D eigenvalue weighted by molar-refractivity contribution is -0.136. The summed E-state index contributed by atoms with van der Waals surface area (Å²) >= 11 is 12.1. The molecule has 2 heterocycles. The van der Waals surface area contributed by atoms with Crippen LogP contribution in [0.2, 0.25) is 10.0 Å². The zero-order valence-electron chi connectivity index (χ0n) is 22.3. The highest BCUT2D eigenvalue weighted by molar-refractivity contribution is 6.39.